The Balaban J connectivity index is 1.43. The average Bonchev–Trinajstić information content (AvgIpc) is 3.19. The van der Waals surface area contributed by atoms with Gasteiger partial charge < -0.3 is 10.5 Å². The minimum absolute atomic E-state index is 0.0264. The lowest BCUT2D eigenvalue weighted by atomic mass is 10.0. The monoisotopic (exact) mass is 408 g/mol. The van der Waals surface area contributed by atoms with Crippen molar-refractivity contribution in [1.82, 2.24) is 4.90 Å². The van der Waals surface area contributed by atoms with E-state index in [1.165, 1.54) is 18.2 Å². The zero-order chi connectivity index (χ0) is 21.1. The van der Waals surface area contributed by atoms with Crippen LogP contribution in [0.3, 0.4) is 0 Å². The lowest BCUT2D eigenvalue weighted by Gasteiger charge is -2.25. The summed E-state index contributed by atoms with van der Waals surface area (Å²) in [5.41, 5.74) is 7.34. The molecule has 0 bridgehead atoms. The molecule has 0 aromatic heterocycles. The Morgan fingerprint density at radius 2 is 1.87 bits per heavy atom. The number of nitrogens with zero attached hydrogens (tertiary/aromatic N) is 1. The van der Waals surface area contributed by atoms with Gasteiger partial charge in [-0.25, -0.2) is 8.78 Å². The first-order valence-corrected chi connectivity index (χ1v) is 9.85. The fourth-order valence-corrected chi connectivity index (χ4v) is 3.87. The molecule has 1 atom stereocenters. The molecule has 4 rings (SSSR count). The van der Waals surface area contributed by atoms with Crippen molar-refractivity contribution in [2.75, 3.05) is 6.54 Å². The lowest BCUT2D eigenvalue weighted by molar-refractivity contribution is 0.1000. The number of ether oxygens (including phenoxy) is 1. The number of hydrogen-bond donors (Lipinski definition) is 1. The molecule has 0 spiro atoms. The molecule has 0 saturated carbocycles. The number of carbonyl (C=O) groups excluding carboxylic acids is 1. The summed E-state index contributed by atoms with van der Waals surface area (Å²) in [4.78, 5) is 13.5. The minimum Gasteiger partial charge on any atom is -0.454 e. The van der Waals surface area contributed by atoms with Gasteiger partial charge in [0, 0.05) is 18.2 Å². The van der Waals surface area contributed by atoms with Crippen molar-refractivity contribution in [3.8, 4) is 11.5 Å². The fraction of sp³-hybridized carbons (Fsp3) is 0.208. The SMILES string of the molecule is NC(=O)c1ccc(Oc2ccc(CN3CCC[C@H]3c3cccc(F)c3)cc2)c(F)c1. The van der Waals surface area contributed by atoms with Gasteiger partial charge in [-0.2, -0.15) is 0 Å². The second kappa shape index (κ2) is 8.63. The molecule has 2 N–H and O–H groups in total. The Bertz CT molecular complexity index is 1050. The van der Waals surface area contributed by atoms with Crippen LogP contribution >= 0.6 is 0 Å². The Kier molecular flexibility index (Phi) is 5.77. The molecule has 154 valence electrons. The van der Waals surface area contributed by atoms with Crippen LogP contribution in [0, 0.1) is 11.6 Å². The Hall–Kier alpha value is -3.25. The Labute approximate surface area is 173 Å². The van der Waals surface area contributed by atoms with Crippen molar-refractivity contribution < 1.29 is 18.3 Å². The van der Waals surface area contributed by atoms with Crippen LogP contribution in [0.25, 0.3) is 0 Å². The fourth-order valence-electron chi connectivity index (χ4n) is 3.87. The van der Waals surface area contributed by atoms with E-state index in [1.54, 1.807) is 24.3 Å². The number of halogens is 2. The summed E-state index contributed by atoms with van der Waals surface area (Å²) >= 11 is 0. The predicted molar refractivity (Wildman–Crippen MR) is 110 cm³/mol. The highest BCUT2D eigenvalue weighted by Crippen LogP contribution is 2.34. The van der Waals surface area contributed by atoms with Gasteiger partial charge in [-0.3, -0.25) is 9.69 Å². The standard InChI is InChI=1S/C24H22F2N2O2/c25-19-4-1-3-17(13-19)22-5-2-12-28(22)15-16-6-9-20(10-7-16)30-23-11-8-18(24(27)29)14-21(23)26/h1,3-4,6-11,13-14,22H,2,5,12,15H2,(H2,27,29)/t22-/m0/s1. The quantitative estimate of drug-likeness (QED) is 0.610. The number of nitrogens with two attached hydrogens (primary N) is 1. The van der Waals surface area contributed by atoms with Crippen LogP contribution in [0.4, 0.5) is 8.78 Å². The first kappa shape index (κ1) is 20.0. The number of hydrogen-bond acceptors (Lipinski definition) is 3. The van der Waals surface area contributed by atoms with Crippen LogP contribution in [0.15, 0.2) is 66.7 Å². The van der Waals surface area contributed by atoms with Crippen LogP contribution in [0.1, 0.15) is 40.4 Å². The summed E-state index contributed by atoms with van der Waals surface area (Å²) in [7, 11) is 0. The molecule has 4 nitrogen and oxygen atoms in total. The average molecular weight is 408 g/mol. The largest absolute Gasteiger partial charge is 0.454 e. The molecular formula is C24H22F2N2O2. The third-order valence-electron chi connectivity index (χ3n) is 5.35. The highest BCUT2D eigenvalue weighted by atomic mass is 19.1. The van der Waals surface area contributed by atoms with Gasteiger partial charge in [0.1, 0.15) is 11.6 Å². The molecular weight excluding hydrogens is 386 g/mol. The first-order chi connectivity index (χ1) is 14.5. The van der Waals surface area contributed by atoms with E-state index in [-0.39, 0.29) is 23.2 Å². The molecule has 1 aliphatic rings. The minimum atomic E-state index is -0.691. The van der Waals surface area contributed by atoms with Crippen LogP contribution in [-0.4, -0.2) is 17.4 Å². The van der Waals surface area contributed by atoms with E-state index in [9.17, 15) is 13.6 Å². The van der Waals surface area contributed by atoms with Gasteiger partial charge in [0.25, 0.3) is 0 Å². The van der Waals surface area contributed by atoms with Gasteiger partial charge in [0.2, 0.25) is 5.91 Å². The van der Waals surface area contributed by atoms with E-state index in [0.29, 0.717) is 5.75 Å². The van der Waals surface area contributed by atoms with E-state index >= 15 is 0 Å². The maximum absolute atomic E-state index is 14.1. The second-order valence-electron chi connectivity index (χ2n) is 7.44. The number of primary amides is 1. The van der Waals surface area contributed by atoms with E-state index in [2.05, 4.69) is 4.90 Å². The summed E-state index contributed by atoms with van der Waals surface area (Å²) < 4.78 is 33.3. The summed E-state index contributed by atoms with van der Waals surface area (Å²) in [6, 6.07) is 18.3. The molecule has 3 aromatic rings. The van der Waals surface area contributed by atoms with Crippen molar-refractivity contribution in [2.24, 2.45) is 5.73 Å². The molecule has 1 heterocycles. The maximum atomic E-state index is 14.1. The van der Waals surface area contributed by atoms with Gasteiger partial charge in [0.15, 0.2) is 11.6 Å². The van der Waals surface area contributed by atoms with Crippen LogP contribution < -0.4 is 10.5 Å². The van der Waals surface area contributed by atoms with Crippen molar-refractivity contribution >= 4 is 5.91 Å². The van der Waals surface area contributed by atoms with Crippen molar-refractivity contribution in [3.63, 3.8) is 0 Å². The predicted octanol–water partition coefficient (Wildman–Crippen LogP) is 5.19. The number of rotatable bonds is 6. The van der Waals surface area contributed by atoms with E-state index < -0.39 is 11.7 Å². The lowest BCUT2D eigenvalue weighted by Crippen LogP contribution is -2.22. The van der Waals surface area contributed by atoms with Crippen molar-refractivity contribution in [2.45, 2.75) is 25.4 Å². The molecule has 1 fully saturated rings. The molecule has 1 aliphatic heterocycles. The van der Waals surface area contributed by atoms with Crippen molar-refractivity contribution in [1.29, 1.82) is 0 Å². The van der Waals surface area contributed by atoms with E-state index in [0.717, 1.165) is 43.1 Å². The van der Waals surface area contributed by atoms with Gasteiger partial charge in [-0.05, 0) is 73.0 Å². The summed E-state index contributed by atoms with van der Waals surface area (Å²) in [5.74, 6) is -1.03. The Morgan fingerprint density at radius 3 is 2.57 bits per heavy atom. The molecule has 0 radical (unpaired) electrons. The van der Waals surface area contributed by atoms with Gasteiger partial charge in [-0.15, -0.1) is 0 Å². The molecule has 6 heteroatoms. The van der Waals surface area contributed by atoms with Crippen LogP contribution in [0.5, 0.6) is 11.5 Å². The normalized spacial score (nSPS) is 16.5. The highest BCUT2D eigenvalue weighted by molar-refractivity contribution is 5.92. The molecule has 0 unspecified atom stereocenters. The van der Waals surface area contributed by atoms with Gasteiger partial charge in [-0.1, -0.05) is 24.3 Å². The van der Waals surface area contributed by atoms with Crippen LogP contribution in [0.2, 0.25) is 0 Å². The summed E-state index contributed by atoms with van der Waals surface area (Å²) in [6.45, 7) is 1.69. The highest BCUT2D eigenvalue weighted by Gasteiger charge is 2.26. The summed E-state index contributed by atoms with van der Waals surface area (Å²) in [6.07, 6.45) is 2.08. The van der Waals surface area contributed by atoms with Gasteiger partial charge in [0.05, 0.1) is 0 Å². The number of amides is 1. The van der Waals surface area contributed by atoms with E-state index in [1.807, 2.05) is 18.2 Å². The molecule has 1 saturated heterocycles. The summed E-state index contributed by atoms with van der Waals surface area (Å²) in [5, 5.41) is 0. The van der Waals surface area contributed by atoms with Crippen LogP contribution in [-0.2, 0) is 6.54 Å². The zero-order valence-corrected chi connectivity index (χ0v) is 16.4. The number of carbonyl (C=O) groups is 1. The molecule has 30 heavy (non-hydrogen) atoms. The van der Waals surface area contributed by atoms with Gasteiger partial charge >= 0.3 is 0 Å². The zero-order valence-electron chi connectivity index (χ0n) is 16.4. The topological polar surface area (TPSA) is 55.6 Å². The molecule has 1 amide bonds. The molecule has 0 aliphatic carbocycles. The number of likely N-dealkylation sites (tertiary alicyclic amines) is 1. The smallest absolute Gasteiger partial charge is 0.248 e. The number of benzene rings is 3. The van der Waals surface area contributed by atoms with Crippen molar-refractivity contribution in [3.05, 3.63) is 95.1 Å². The van der Waals surface area contributed by atoms with E-state index in [4.69, 9.17) is 10.5 Å². The maximum Gasteiger partial charge on any atom is 0.248 e. The third kappa shape index (κ3) is 4.49. The molecule has 3 aromatic carbocycles. The second-order valence-corrected chi connectivity index (χ2v) is 7.44. The first-order valence-electron chi connectivity index (χ1n) is 9.85. The third-order valence-corrected chi connectivity index (χ3v) is 5.35. The Morgan fingerprint density at radius 1 is 1.07 bits per heavy atom.